The molecule has 128 valence electrons. The Hall–Kier alpha value is -2.47. The average molecular weight is 331 g/mol. The van der Waals surface area contributed by atoms with Gasteiger partial charge in [0.05, 0.1) is 5.56 Å². The van der Waals surface area contributed by atoms with Crippen LogP contribution >= 0.6 is 0 Å². The number of pyridine rings is 1. The highest BCUT2D eigenvalue weighted by Crippen LogP contribution is 2.06. The van der Waals surface area contributed by atoms with Crippen LogP contribution in [0.15, 0.2) is 42.6 Å². The summed E-state index contributed by atoms with van der Waals surface area (Å²) in [4.78, 5) is 16.3. The summed E-state index contributed by atoms with van der Waals surface area (Å²) in [6.45, 7) is 1.95. The zero-order chi connectivity index (χ0) is 17.2. The van der Waals surface area contributed by atoms with Crippen molar-refractivity contribution in [3.05, 3.63) is 59.5 Å². The van der Waals surface area contributed by atoms with E-state index < -0.39 is 0 Å². The zero-order valence-electron chi connectivity index (χ0n) is 13.7. The minimum atomic E-state index is -0.259. The van der Waals surface area contributed by atoms with Gasteiger partial charge in [-0.25, -0.2) is 9.37 Å². The molecule has 0 aliphatic carbocycles. The largest absolute Gasteiger partial charge is 0.385 e. The Kier molecular flexibility index (Phi) is 7.17. The fraction of sp³-hybridized carbons (Fsp3) is 0.333. The normalized spacial score (nSPS) is 10.4. The van der Waals surface area contributed by atoms with Crippen molar-refractivity contribution in [1.29, 1.82) is 0 Å². The Bertz CT molecular complexity index is 630. The third kappa shape index (κ3) is 5.96. The molecule has 1 aromatic heterocycles. The molecule has 0 fully saturated rings. The van der Waals surface area contributed by atoms with E-state index in [2.05, 4.69) is 15.6 Å². The van der Waals surface area contributed by atoms with Crippen LogP contribution in [0.3, 0.4) is 0 Å². The zero-order valence-corrected chi connectivity index (χ0v) is 13.7. The van der Waals surface area contributed by atoms with Crippen LogP contribution in [0.4, 0.5) is 10.2 Å². The number of hydrogen-bond donors (Lipinski definition) is 2. The summed E-state index contributed by atoms with van der Waals surface area (Å²) in [5.74, 6) is 0.300. The van der Waals surface area contributed by atoms with Crippen LogP contribution in [0.1, 0.15) is 22.3 Å². The SMILES string of the molecule is COCCCNc1ccc(C(=O)NCCc2ccc(F)cc2)cn1. The molecule has 1 aromatic carbocycles. The van der Waals surface area contributed by atoms with E-state index in [9.17, 15) is 9.18 Å². The minimum absolute atomic E-state index is 0.171. The number of nitrogens with one attached hydrogen (secondary N) is 2. The number of carbonyl (C=O) groups excluding carboxylic acids is 1. The first-order valence-electron chi connectivity index (χ1n) is 7.90. The monoisotopic (exact) mass is 331 g/mol. The van der Waals surface area contributed by atoms with Gasteiger partial charge >= 0.3 is 0 Å². The van der Waals surface area contributed by atoms with Crippen LogP contribution < -0.4 is 10.6 Å². The van der Waals surface area contributed by atoms with E-state index in [-0.39, 0.29) is 11.7 Å². The molecule has 0 unspecified atom stereocenters. The van der Waals surface area contributed by atoms with Crippen molar-refractivity contribution in [2.75, 3.05) is 32.1 Å². The molecular formula is C18H22FN3O2. The predicted molar refractivity (Wildman–Crippen MR) is 91.7 cm³/mol. The third-order valence-corrected chi connectivity index (χ3v) is 3.47. The van der Waals surface area contributed by atoms with E-state index in [0.29, 0.717) is 25.1 Å². The van der Waals surface area contributed by atoms with Crippen LogP contribution in [-0.2, 0) is 11.2 Å². The van der Waals surface area contributed by atoms with E-state index in [0.717, 1.165) is 24.3 Å². The summed E-state index contributed by atoms with van der Waals surface area (Å²) in [7, 11) is 1.67. The predicted octanol–water partition coefficient (Wildman–Crippen LogP) is 2.64. The number of benzene rings is 1. The second kappa shape index (κ2) is 9.62. The molecule has 0 saturated carbocycles. The average Bonchev–Trinajstić information content (AvgIpc) is 2.61. The van der Waals surface area contributed by atoms with Crippen molar-refractivity contribution in [3.8, 4) is 0 Å². The van der Waals surface area contributed by atoms with Gasteiger partial charge in [-0.05, 0) is 42.7 Å². The topological polar surface area (TPSA) is 63.2 Å². The molecular weight excluding hydrogens is 309 g/mol. The van der Waals surface area contributed by atoms with Gasteiger partial charge in [0.2, 0.25) is 0 Å². The highest BCUT2D eigenvalue weighted by atomic mass is 19.1. The van der Waals surface area contributed by atoms with Crippen molar-refractivity contribution >= 4 is 11.7 Å². The highest BCUT2D eigenvalue weighted by Gasteiger charge is 2.05. The van der Waals surface area contributed by atoms with Crippen LogP contribution in [0.5, 0.6) is 0 Å². The molecule has 2 aromatic rings. The maximum atomic E-state index is 12.8. The van der Waals surface area contributed by atoms with E-state index in [4.69, 9.17) is 4.74 Å². The van der Waals surface area contributed by atoms with Crippen molar-refractivity contribution in [3.63, 3.8) is 0 Å². The van der Waals surface area contributed by atoms with E-state index in [1.807, 2.05) is 0 Å². The molecule has 0 spiro atoms. The molecule has 0 radical (unpaired) electrons. The smallest absolute Gasteiger partial charge is 0.252 e. The molecule has 5 nitrogen and oxygen atoms in total. The molecule has 24 heavy (non-hydrogen) atoms. The number of nitrogens with zero attached hydrogens (tertiary/aromatic N) is 1. The van der Waals surface area contributed by atoms with Gasteiger partial charge in [-0.1, -0.05) is 12.1 Å². The maximum absolute atomic E-state index is 12.8. The van der Waals surface area contributed by atoms with Gasteiger partial charge in [0.25, 0.3) is 5.91 Å². The molecule has 6 heteroatoms. The first-order valence-corrected chi connectivity index (χ1v) is 7.90. The number of carbonyl (C=O) groups is 1. The Morgan fingerprint density at radius 1 is 1.17 bits per heavy atom. The first kappa shape index (κ1) is 17.9. The summed E-state index contributed by atoms with van der Waals surface area (Å²) in [5, 5.41) is 5.99. The van der Waals surface area contributed by atoms with Crippen molar-refractivity contribution in [2.45, 2.75) is 12.8 Å². The molecule has 0 atom stereocenters. The molecule has 0 saturated heterocycles. The molecule has 0 bridgehead atoms. The second-order valence-corrected chi connectivity index (χ2v) is 5.34. The fourth-order valence-corrected chi connectivity index (χ4v) is 2.14. The van der Waals surface area contributed by atoms with Crippen molar-refractivity contribution in [1.82, 2.24) is 10.3 Å². The number of methoxy groups -OCH3 is 1. The van der Waals surface area contributed by atoms with Gasteiger partial charge in [-0.3, -0.25) is 4.79 Å². The molecule has 0 aliphatic heterocycles. The maximum Gasteiger partial charge on any atom is 0.252 e. The van der Waals surface area contributed by atoms with Crippen LogP contribution in [0.2, 0.25) is 0 Å². The Morgan fingerprint density at radius 2 is 1.96 bits per heavy atom. The van der Waals surface area contributed by atoms with Gasteiger partial charge in [0.1, 0.15) is 11.6 Å². The number of ether oxygens (including phenoxy) is 1. The fourth-order valence-electron chi connectivity index (χ4n) is 2.14. The number of rotatable bonds is 9. The molecule has 1 heterocycles. The molecule has 1 amide bonds. The molecule has 0 aliphatic rings. The summed E-state index contributed by atoms with van der Waals surface area (Å²) in [6.07, 6.45) is 3.09. The van der Waals surface area contributed by atoms with Gasteiger partial charge in [0, 0.05) is 33.0 Å². The lowest BCUT2D eigenvalue weighted by Crippen LogP contribution is -2.25. The Balaban J connectivity index is 1.74. The molecule has 2 N–H and O–H groups in total. The summed E-state index contributed by atoms with van der Waals surface area (Å²) in [6, 6.07) is 9.78. The van der Waals surface area contributed by atoms with E-state index >= 15 is 0 Å². The van der Waals surface area contributed by atoms with Gasteiger partial charge in [0.15, 0.2) is 0 Å². The van der Waals surface area contributed by atoms with Crippen LogP contribution in [-0.4, -0.2) is 37.7 Å². The highest BCUT2D eigenvalue weighted by molar-refractivity contribution is 5.94. The number of aromatic nitrogens is 1. The number of amides is 1. The second-order valence-electron chi connectivity index (χ2n) is 5.34. The van der Waals surface area contributed by atoms with Crippen molar-refractivity contribution < 1.29 is 13.9 Å². The summed E-state index contributed by atoms with van der Waals surface area (Å²) < 4.78 is 17.8. The number of hydrogen-bond acceptors (Lipinski definition) is 4. The van der Waals surface area contributed by atoms with Crippen LogP contribution in [0.25, 0.3) is 0 Å². The lowest BCUT2D eigenvalue weighted by Gasteiger charge is -2.07. The number of halogens is 1. The quantitative estimate of drug-likeness (QED) is 0.694. The van der Waals surface area contributed by atoms with Gasteiger partial charge in [-0.2, -0.15) is 0 Å². The van der Waals surface area contributed by atoms with Gasteiger partial charge in [-0.15, -0.1) is 0 Å². The minimum Gasteiger partial charge on any atom is -0.385 e. The molecule has 2 rings (SSSR count). The lowest BCUT2D eigenvalue weighted by atomic mass is 10.1. The van der Waals surface area contributed by atoms with Gasteiger partial charge < -0.3 is 15.4 Å². The summed E-state index contributed by atoms with van der Waals surface area (Å²) >= 11 is 0. The lowest BCUT2D eigenvalue weighted by molar-refractivity contribution is 0.0954. The first-order chi connectivity index (χ1) is 11.7. The third-order valence-electron chi connectivity index (χ3n) is 3.47. The standard InChI is InChI=1S/C18H22FN3O2/c1-24-12-2-10-20-17-8-5-15(13-22-17)18(23)21-11-9-14-3-6-16(19)7-4-14/h3-8,13H,2,9-12H2,1H3,(H,20,22)(H,21,23). The van der Waals surface area contributed by atoms with E-state index in [1.54, 1.807) is 37.6 Å². The van der Waals surface area contributed by atoms with Crippen molar-refractivity contribution in [2.24, 2.45) is 0 Å². The van der Waals surface area contributed by atoms with Crippen LogP contribution in [0, 0.1) is 5.82 Å². The number of anilines is 1. The Labute approximate surface area is 141 Å². The Morgan fingerprint density at radius 3 is 2.62 bits per heavy atom. The van der Waals surface area contributed by atoms with E-state index in [1.165, 1.54) is 12.1 Å². The summed E-state index contributed by atoms with van der Waals surface area (Å²) in [5.41, 5.74) is 1.49.